The van der Waals surface area contributed by atoms with E-state index in [1.165, 1.54) is 26.2 Å². The standard InChI is InChI=1S/C13H29N3O/c1-4-17-12-6-14-5-7-15-8-10-16(11-9-15)13(2)3/h13-14H,4-12H2,1-3H3. The molecule has 1 rings (SSSR count). The third-order valence-corrected chi connectivity index (χ3v) is 3.37. The highest BCUT2D eigenvalue weighted by Gasteiger charge is 2.17. The van der Waals surface area contributed by atoms with E-state index in [4.69, 9.17) is 4.74 Å². The Kier molecular flexibility index (Phi) is 7.77. The number of hydrogen-bond acceptors (Lipinski definition) is 4. The van der Waals surface area contributed by atoms with E-state index in [0.717, 1.165) is 32.8 Å². The predicted molar refractivity (Wildman–Crippen MR) is 72.5 cm³/mol. The molecule has 4 nitrogen and oxygen atoms in total. The first-order chi connectivity index (χ1) is 8.24. The minimum absolute atomic E-state index is 0.696. The van der Waals surface area contributed by atoms with E-state index in [0.29, 0.717) is 6.04 Å². The maximum atomic E-state index is 5.28. The SMILES string of the molecule is CCOCCNCCN1CCN(C(C)C)CC1. The van der Waals surface area contributed by atoms with Crippen LogP contribution in [-0.4, -0.2) is 74.9 Å². The van der Waals surface area contributed by atoms with Gasteiger partial charge in [0.15, 0.2) is 0 Å². The minimum Gasteiger partial charge on any atom is -0.380 e. The Morgan fingerprint density at radius 3 is 2.41 bits per heavy atom. The fourth-order valence-electron chi connectivity index (χ4n) is 2.15. The van der Waals surface area contributed by atoms with Crippen LogP contribution in [-0.2, 0) is 4.74 Å². The zero-order chi connectivity index (χ0) is 12.5. The number of nitrogens with zero attached hydrogens (tertiary/aromatic N) is 2. The van der Waals surface area contributed by atoms with Crippen molar-refractivity contribution >= 4 is 0 Å². The lowest BCUT2D eigenvalue weighted by Gasteiger charge is -2.36. The monoisotopic (exact) mass is 243 g/mol. The van der Waals surface area contributed by atoms with Crippen molar-refractivity contribution < 1.29 is 4.74 Å². The van der Waals surface area contributed by atoms with Gasteiger partial charge < -0.3 is 10.1 Å². The molecule has 1 N–H and O–H groups in total. The van der Waals surface area contributed by atoms with Crippen LogP contribution in [0, 0.1) is 0 Å². The van der Waals surface area contributed by atoms with E-state index < -0.39 is 0 Å². The van der Waals surface area contributed by atoms with Gasteiger partial charge >= 0.3 is 0 Å². The molecule has 1 saturated heterocycles. The van der Waals surface area contributed by atoms with Crippen molar-refractivity contribution in [1.29, 1.82) is 0 Å². The number of nitrogens with one attached hydrogen (secondary N) is 1. The Bertz CT molecular complexity index is 180. The Labute approximate surface area is 106 Å². The molecule has 0 unspecified atom stereocenters. The van der Waals surface area contributed by atoms with Crippen molar-refractivity contribution in [3.05, 3.63) is 0 Å². The Morgan fingerprint density at radius 2 is 1.82 bits per heavy atom. The van der Waals surface area contributed by atoms with Gasteiger partial charge in [-0.05, 0) is 20.8 Å². The molecule has 0 radical (unpaired) electrons. The molecule has 0 amide bonds. The van der Waals surface area contributed by atoms with Gasteiger partial charge in [0.1, 0.15) is 0 Å². The molecule has 17 heavy (non-hydrogen) atoms. The summed E-state index contributed by atoms with van der Waals surface area (Å²) < 4.78 is 5.28. The third-order valence-electron chi connectivity index (χ3n) is 3.37. The van der Waals surface area contributed by atoms with Crippen LogP contribution < -0.4 is 5.32 Å². The lowest BCUT2D eigenvalue weighted by Crippen LogP contribution is -2.50. The molecule has 0 spiro atoms. The van der Waals surface area contributed by atoms with E-state index in [-0.39, 0.29) is 0 Å². The van der Waals surface area contributed by atoms with Crippen molar-refractivity contribution in [2.45, 2.75) is 26.8 Å². The van der Waals surface area contributed by atoms with Crippen LogP contribution in [0.5, 0.6) is 0 Å². The van der Waals surface area contributed by atoms with Crippen LogP contribution in [0.1, 0.15) is 20.8 Å². The van der Waals surface area contributed by atoms with Gasteiger partial charge in [0.05, 0.1) is 6.61 Å². The zero-order valence-corrected chi connectivity index (χ0v) is 11.7. The summed E-state index contributed by atoms with van der Waals surface area (Å²) in [6.45, 7) is 16.3. The summed E-state index contributed by atoms with van der Waals surface area (Å²) in [5, 5.41) is 3.42. The summed E-state index contributed by atoms with van der Waals surface area (Å²) in [5.74, 6) is 0. The van der Waals surface area contributed by atoms with Gasteiger partial charge in [0, 0.05) is 58.5 Å². The minimum atomic E-state index is 0.696. The third kappa shape index (κ3) is 6.36. The van der Waals surface area contributed by atoms with Crippen LogP contribution in [0.25, 0.3) is 0 Å². The van der Waals surface area contributed by atoms with Crippen LogP contribution in [0.4, 0.5) is 0 Å². The topological polar surface area (TPSA) is 27.7 Å². The lowest BCUT2D eigenvalue weighted by atomic mass is 10.2. The first-order valence-corrected chi connectivity index (χ1v) is 6.99. The number of ether oxygens (including phenoxy) is 1. The molecule has 102 valence electrons. The van der Waals surface area contributed by atoms with Gasteiger partial charge in [-0.1, -0.05) is 0 Å². The highest BCUT2D eigenvalue weighted by molar-refractivity contribution is 4.74. The maximum absolute atomic E-state index is 5.28. The van der Waals surface area contributed by atoms with E-state index in [2.05, 4.69) is 29.0 Å². The molecule has 0 atom stereocenters. The average molecular weight is 243 g/mol. The summed E-state index contributed by atoms with van der Waals surface area (Å²) >= 11 is 0. The highest BCUT2D eigenvalue weighted by Crippen LogP contribution is 2.04. The van der Waals surface area contributed by atoms with Crippen molar-refractivity contribution in [2.75, 3.05) is 59.0 Å². The fourth-order valence-corrected chi connectivity index (χ4v) is 2.15. The summed E-state index contributed by atoms with van der Waals surface area (Å²) in [7, 11) is 0. The zero-order valence-electron chi connectivity index (χ0n) is 11.7. The summed E-state index contributed by atoms with van der Waals surface area (Å²) in [5.41, 5.74) is 0. The number of piperazine rings is 1. The molecule has 1 aliphatic heterocycles. The van der Waals surface area contributed by atoms with Crippen LogP contribution in [0.2, 0.25) is 0 Å². The molecule has 4 heteroatoms. The van der Waals surface area contributed by atoms with Gasteiger partial charge in [-0.2, -0.15) is 0 Å². The largest absolute Gasteiger partial charge is 0.380 e. The molecule has 1 aliphatic rings. The molecular formula is C13H29N3O. The smallest absolute Gasteiger partial charge is 0.0590 e. The highest BCUT2D eigenvalue weighted by atomic mass is 16.5. The van der Waals surface area contributed by atoms with E-state index in [1.807, 2.05) is 6.92 Å². The van der Waals surface area contributed by atoms with Gasteiger partial charge in [0.2, 0.25) is 0 Å². The number of rotatable bonds is 8. The van der Waals surface area contributed by atoms with Crippen LogP contribution in [0.3, 0.4) is 0 Å². The van der Waals surface area contributed by atoms with Gasteiger partial charge in [0.25, 0.3) is 0 Å². The summed E-state index contributed by atoms with van der Waals surface area (Å²) in [4.78, 5) is 5.10. The van der Waals surface area contributed by atoms with Crippen molar-refractivity contribution in [3.8, 4) is 0 Å². The summed E-state index contributed by atoms with van der Waals surface area (Å²) in [6.07, 6.45) is 0. The second-order valence-corrected chi connectivity index (χ2v) is 4.92. The van der Waals surface area contributed by atoms with E-state index >= 15 is 0 Å². The lowest BCUT2D eigenvalue weighted by molar-refractivity contribution is 0.107. The van der Waals surface area contributed by atoms with E-state index in [9.17, 15) is 0 Å². The molecule has 0 aromatic carbocycles. The van der Waals surface area contributed by atoms with E-state index in [1.54, 1.807) is 0 Å². The molecule has 0 aromatic rings. The molecule has 0 saturated carbocycles. The van der Waals surface area contributed by atoms with Crippen molar-refractivity contribution in [2.24, 2.45) is 0 Å². The summed E-state index contributed by atoms with van der Waals surface area (Å²) in [6, 6.07) is 0.696. The average Bonchev–Trinajstić information content (AvgIpc) is 2.34. The first kappa shape index (κ1) is 14.9. The molecule has 1 heterocycles. The van der Waals surface area contributed by atoms with Crippen LogP contribution >= 0.6 is 0 Å². The van der Waals surface area contributed by atoms with Gasteiger partial charge in [-0.3, -0.25) is 9.80 Å². The molecule has 1 fully saturated rings. The molecule has 0 bridgehead atoms. The number of hydrogen-bond donors (Lipinski definition) is 1. The normalized spacial score (nSPS) is 19.1. The predicted octanol–water partition coefficient (Wildman–Crippen LogP) is 0.639. The Morgan fingerprint density at radius 1 is 1.12 bits per heavy atom. The molecular weight excluding hydrogens is 214 g/mol. The quantitative estimate of drug-likeness (QED) is 0.633. The maximum Gasteiger partial charge on any atom is 0.0590 e. The Balaban J connectivity index is 1.95. The van der Waals surface area contributed by atoms with Crippen molar-refractivity contribution in [1.82, 2.24) is 15.1 Å². The van der Waals surface area contributed by atoms with Gasteiger partial charge in [-0.15, -0.1) is 0 Å². The Hall–Kier alpha value is -0.160. The molecule has 0 aliphatic carbocycles. The first-order valence-electron chi connectivity index (χ1n) is 6.99. The molecule has 0 aromatic heterocycles. The fraction of sp³-hybridized carbons (Fsp3) is 1.00. The second-order valence-electron chi connectivity index (χ2n) is 4.92. The van der Waals surface area contributed by atoms with Gasteiger partial charge in [-0.25, -0.2) is 0 Å². The van der Waals surface area contributed by atoms with Crippen molar-refractivity contribution in [3.63, 3.8) is 0 Å². The second kappa shape index (κ2) is 8.86. The van der Waals surface area contributed by atoms with Crippen LogP contribution in [0.15, 0.2) is 0 Å².